The summed E-state index contributed by atoms with van der Waals surface area (Å²) in [6.07, 6.45) is 0. The SMILES string of the molecule is C=C(c1ccc(C(=O)OC)cc1)c1cccc(S)c1. The molecule has 0 amide bonds. The first kappa shape index (κ1) is 13.4. The summed E-state index contributed by atoms with van der Waals surface area (Å²) in [4.78, 5) is 12.2. The standard InChI is InChI=1S/C16H14O2S/c1-11(14-4-3-5-15(19)10-14)12-6-8-13(9-7-12)16(17)18-2/h3-10,19H,1H2,2H3. The van der Waals surface area contributed by atoms with E-state index in [0.29, 0.717) is 5.56 Å². The second-order valence-corrected chi connectivity index (χ2v) is 4.61. The summed E-state index contributed by atoms with van der Waals surface area (Å²) in [5.41, 5.74) is 3.40. The topological polar surface area (TPSA) is 26.3 Å². The lowest BCUT2D eigenvalue weighted by Gasteiger charge is -2.08. The Kier molecular flexibility index (Phi) is 4.07. The monoisotopic (exact) mass is 270 g/mol. The van der Waals surface area contributed by atoms with Gasteiger partial charge in [-0.1, -0.05) is 30.8 Å². The molecule has 0 unspecified atom stereocenters. The van der Waals surface area contributed by atoms with Crippen LogP contribution >= 0.6 is 12.6 Å². The van der Waals surface area contributed by atoms with Gasteiger partial charge in [-0.25, -0.2) is 4.79 Å². The minimum atomic E-state index is -0.338. The van der Waals surface area contributed by atoms with E-state index in [9.17, 15) is 4.79 Å². The van der Waals surface area contributed by atoms with Gasteiger partial charge >= 0.3 is 5.97 Å². The van der Waals surface area contributed by atoms with Crippen LogP contribution in [0.15, 0.2) is 60.0 Å². The third-order valence-electron chi connectivity index (χ3n) is 2.85. The van der Waals surface area contributed by atoms with Crippen LogP contribution in [0.1, 0.15) is 21.5 Å². The van der Waals surface area contributed by atoms with E-state index in [1.54, 1.807) is 12.1 Å². The molecule has 0 atom stereocenters. The minimum Gasteiger partial charge on any atom is -0.465 e. The molecule has 0 N–H and O–H groups in total. The number of hydrogen-bond donors (Lipinski definition) is 1. The van der Waals surface area contributed by atoms with Gasteiger partial charge < -0.3 is 4.74 Å². The van der Waals surface area contributed by atoms with Gasteiger partial charge in [-0.2, -0.15) is 0 Å². The summed E-state index contributed by atoms with van der Waals surface area (Å²) in [6, 6.07) is 15.0. The molecule has 0 aliphatic rings. The van der Waals surface area contributed by atoms with Crippen molar-refractivity contribution in [2.75, 3.05) is 7.11 Å². The number of esters is 1. The molecule has 0 spiro atoms. The molecule has 2 rings (SSSR count). The highest BCUT2D eigenvalue weighted by atomic mass is 32.1. The largest absolute Gasteiger partial charge is 0.465 e. The fourth-order valence-corrected chi connectivity index (χ4v) is 2.01. The summed E-state index contributed by atoms with van der Waals surface area (Å²) >= 11 is 4.31. The average Bonchev–Trinajstić information content (AvgIpc) is 2.46. The number of carbonyl (C=O) groups excluding carboxylic acids is 1. The molecule has 0 heterocycles. The van der Waals surface area contributed by atoms with E-state index >= 15 is 0 Å². The van der Waals surface area contributed by atoms with E-state index in [0.717, 1.165) is 21.6 Å². The number of benzene rings is 2. The van der Waals surface area contributed by atoms with E-state index in [1.807, 2.05) is 36.4 Å². The summed E-state index contributed by atoms with van der Waals surface area (Å²) in [5, 5.41) is 0. The van der Waals surface area contributed by atoms with Crippen molar-refractivity contribution in [1.82, 2.24) is 0 Å². The van der Waals surface area contributed by atoms with Crippen molar-refractivity contribution < 1.29 is 9.53 Å². The third-order valence-corrected chi connectivity index (χ3v) is 3.13. The maximum absolute atomic E-state index is 11.4. The maximum Gasteiger partial charge on any atom is 0.337 e. The molecule has 2 aromatic rings. The molecule has 0 fully saturated rings. The smallest absolute Gasteiger partial charge is 0.337 e. The van der Waals surface area contributed by atoms with Crippen molar-refractivity contribution in [2.24, 2.45) is 0 Å². The van der Waals surface area contributed by atoms with Gasteiger partial charge in [-0.3, -0.25) is 0 Å². The van der Waals surface area contributed by atoms with Crippen LogP contribution in [-0.4, -0.2) is 13.1 Å². The first-order valence-corrected chi connectivity index (χ1v) is 6.23. The number of thiol groups is 1. The second-order valence-electron chi connectivity index (χ2n) is 4.10. The molecule has 0 aliphatic carbocycles. The highest BCUT2D eigenvalue weighted by molar-refractivity contribution is 7.80. The maximum atomic E-state index is 11.4. The van der Waals surface area contributed by atoms with E-state index in [2.05, 4.69) is 23.9 Å². The first-order valence-electron chi connectivity index (χ1n) is 5.79. The molecule has 3 heteroatoms. The molecule has 19 heavy (non-hydrogen) atoms. The highest BCUT2D eigenvalue weighted by Crippen LogP contribution is 2.23. The van der Waals surface area contributed by atoms with Gasteiger partial charge in [0.15, 0.2) is 0 Å². The van der Waals surface area contributed by atoms with Crippen molar-refractivity contribution in [3.63, 3.8) is 0 Å². The summed E-state index contributed by atoms with van der Waals surface area (Å²) in [6.45, 7) is 4.08. The van der Waals surface area contributed by atoms with Crippen LogP contribution in [-0.2, 0) is 4.74 Å². The predicted octanol–water partition coefficient (Wildman–Crippen LogP) is 3.82. The zero-order valence-electron chi connectivity index (χ0n) is 10.6. The molecular formula is C16H14O2S. The van der Waals surface area contributed by atoms with E-state index in [1.165, 1.54) is 7.11 Å². The molecule has 2 nitrogen and oxygen atoms in total. The average molecular weight is 270 g/mol. The van der Waals surface area contributed by atoms with Crippen molar-refractivity contribution >= 4 is 24.2 Å². The Labute approximate surface area is 118 Å². The fourth-order valence-electron chi connectivity index (χ4n) is 1.79. The first-order chi connectivity index (χ1) is 9.11. The molecule has 0 bridgehead atoms. The van der Waals surface area contributed by atoms with Gasteiger partial charge in [-0.05, 0) is 41.0 Å². The Morgan fingerprint density at radius 2 is 1.68 bits per heavy atom. The van der Waals surface area contributed by atoms with Gasteiger partial charge in [-0.15, -0.1) is 12.6 Å². The number of hydrogen-bond acceptors (Lipinski definition) is 3. The quantitative estimate of drug-likeness (QED) is 0.678. The third kappa shape index (κ3) is 3.06. The Morgan fingerprint density at radius 3 is 2.26 bits per heavy atom. The molecular weight excluding hydrogens is 256 g/mol. The Balaban J connectivity index is 2.27. The summed E-state index contributed by atoms with van der Waals surface area (Å²) in [5.74, 6) is -0.338. The van der Waals surface area contributed by atoms with Crippen LogP contribution in [0.3, 0.4) is 0 Å². The molecule has 0 saturated heterocycles. The summed E-state index contributed by atoms with van der Waals surface area (Å²) < 4.78 is 4.67. The number of ether oxygens (including phenoxy) is 1. The van der Waals surface area contributed by atoms with Crippen molar-refractivity contribution in [3.05, 3.63) is 71.8 Å². The van der Waals surface area contributed by atoms with Gasteiger partial charge in [0.25, 0.3) is 0 Å². The lowest BCUT2D eigenvalue weighted by Crippen LogP contribution is -2.00. The lowest BCUT2D eigenvalue weighted by molar-refractivity contribution is 0.0601. The van der Waals surface area contributed by atoms with Crippen LogP contribution in [0.4, 0.5) is 0 Å². The molecule has 0 radical (unpaired) electrons. The fraction of sp³-hybridized carbons (Fsp3) is 0.0625. The zero-order valence-corrected chi connectivity index (χ0v) is 11.5. The van der Waals surface area contributed by atoms with Crippen molar-refractivity contribution in [3.8, 4) is 0 Å². The van der Waals surface area contributed by atoms with Crippen LogP contribution < -0.4 is 0 Å². The Bertz CT molecular complexity index is 615. The second kappa shape index (κ2) is 5.76. The van der Waals surface area contributed by atoms with Crippen LogP contribution in [0, 0.1) is 0 Å². The molecule has 96 valence electrons. The number of rotatable bonds is 3. The number of methoxy groups -OCH3 is 1. The molecule has 0 saturated carbocycles. The van der Waals surface area contributed by atoms with Crippen molar-refractivity contribution in [2.45, 2.75) is 4.90 Å². The van der Waals surface area contributed by atoms with Gasteiger partial charge in [0.05, 0.1) is 12.7 Å². The van der Waals surface area contributed by atoms with Gasteiger partial charge in [0.1, 0.15) is 0 Å². The molecule has 2 aromatic carbocycles. The predicted molar refractivity (Wildman–Crippen MR) is 79.6 cm³/mol. The zero-order chi connectivity index (χ0) is 13.8. The highest BCUT2D eigenvalue weighted by Gasteiger charge is 2.07. The normalized spacial score (nSPS) is 10.0. The molecule has 0 aliphatic heterocycles. The van der Waals surface area contributed by atoms with Crippen LogP contribution in [0.5, 0.6) is 0 Å². The van der Waals surface area contributed by atoms with E-state index < -0.39 is 0 Å². The molecule has 0 aromatic heterocycles. The van der Waals surface area contributed by atoms with E-state index in [4.69, 9.17) is 0 Å². The minimum absolute atomic E-state index is 0.338. The van der Waals surface area contributed by atoms with Gasteiger partial charge in [0, 0.05) is 4.90 Å². The lowest BCUT2D eigenvalue weighted by atomic mass is 9.99. The van der Waals surface area contributed by atoms with Crippen molar-refractivity contribution in [1.29, 1.82) is 0 Å². The van der Waals surface area contributed by atoms with Gasteiger partial charge in [0.2, 0.25) is 0 Å². The summed E-state index contributed by atoms with van der Waals surface area (Å²) in [7, 11) is 1.37. The Hall–Kier alpha value is -2.00. The van der Waals surface area contributed by atoms with Crippen LogP contribution in [0.2, 0.25) is 0 Å². The Morgan fingerprint density at radius 1 is 1.05 bits per heavy atom. The van der Waals surface area contributed by atoms with E-state index in [-0.39, 0.29) is 5.97 Å². The number of carbonyl (C=O) groups is 1. The van der Waals surface area contributed by atoms with Crippen LogP contribution in [0.25, 0.3) is 5.57 Å².